The molecular weight excluding hydrogens is 989 g/mol. The van der Waals surface area contributed by atoms with Crippen LogP contribution < -0.4 is 76.1 Å². The van der Waals surface area contributed by atoms with Gasteiger partial charge in [-0.05, 0) is 102 Å². The Labute approximate surface area is 441 Å². The smallest absolute Gasteiger partial charge is 0.252 e. The second-order valence-electron chi connectivity index (χ2n) is 18.9. The van der Waals surface area contributed by atoms with Gasteiger partial charge in [0.2, 0.25) is 53.2 Å². The minimum absolute atomic E-state index is 0.0578. The third-order valence-corrected chi connectivity index (χ3v) is 12.1. The van der Waals surface area contributed by atoms with Gasteiger partial charge in [-0.25, -0.2) is 0 Å². The molecule has 76 heavy (non-hydrogen) atoms. The van der Waals surface area contributed by atoms with Crippen molar-refractivity contribution >= 4 is 59.1 Å². The van der Waals surface area contributed by atoms with Crippen LogP contribution in [-0.2, 0) is 49.6 Å². The molecule has 0 aromatic heterocycles. The second kappa shape index (κ2) is 32.4. The summed E-state index contributed by atoms with van der Waals surface area (Å²) < 4.78 is 0. The van der Waals surface area contributed by atoms with E-state index in [1.807, 2.05) is 0 Å². The maximum atomic E-state index is 14.4. The molecule has 2 aromatic rings. The largest absolute Gasteiger partial charge is 0.391 e. The first-order valence-corrected chi connectivity index (χ1v) is 25.4. The van der Waals surface area contributed by atoms with E-state index in [1.165, 1.54) is 26.0 Å². The predicted molar refractivity (Wildman–Crippen MR) is 278 cm³/mol. The van der Waals surface area contributed by atoms with Crippen LogP contribution in [0.25, 0.3) is 0 Å². The number of aliphatic hydroxyl groups excluding tert-OH is 2. The molecule has 11 atom stereocenters. The fourth-order valence-corrected chi connectivity index (χ4v) is 8.00. The van der Waals surface area contributed by atoms with Crippen LogP contribution in [0.1, 0.15) is 82.1 Å². The lowest BCUT2D eigenvalue weighted by Crippen LogP contribution is -2.61. The highest BCUT2D eigenvalue weighted by Gasteiger charge is 2.37. The highest BCUT2D eigenvalue weighted by Crippen LogP contribution is 2.11. The summed E-state index contributed by atoms with van der Waals surface area (Å²) in [7, 11) is 0. The Morgan fingerprint density at radius 2 is 1.05 bits per heavy atom. The van der Waals surface area contributed by atoms with Gasteiger partial charge in [0, 0.05) is 18.5 Å². The van der Waals surface area contributed by atoms with Crippen LogP contribution in [0.3, 0.4) is 0 Å². The third-order valence-electron chi connectivity index (χ3n) is 12.1. The molecule has 0 saturated carbocycles. The number of carbonyl (C=O) groups is 10. The molecule has 26 heteroatoms. The number of nitrogens with two attached hydrogens (primary N) is 4. The molecule has 1 saturated heterocycles. The van der Waals surface area contributed by atoms with Gasteiger partial charge in [0.1, 0.15) is 54.4 Å². The molecule has 20 N–H and O–H groups in total. The number of hydrogen-bond acceptors (Lipinski definition) is 16. The highest BCUT2D eigenvalue weighted by molar-refractivity contribution is 6.00. The van der Waals surface area contributed by atoms with Crippen molar-refractivity contribution in [3.05, 3.63) is 71.8 Å². The van der Waals surface area contributed by atoms with Crippen LogP contribution in [-0.4, -0.2) is 169 Å². The Kier molecular flexibility index (Phi) is 26.9. The van der Waals surface area contributed by atoms with Gasteiger partial charge in [-0.1, -0.05) is 62.4 Å². The lowest BCUT2D eigenvalue weighted by molar-refractivity contribution is -0.136. The molecule has 2 unspecified atom stereocenters. The summed E-state index contributed by atoms with van der Waals surface area (Å²) in [6.07, 6.45) is -4.19. The summed E-state index contributed by atoms with van der Waals surface area (Å²) in [6, 6.07) is 3.18. The quantitative estimate of drug-likeness (QED) is 0.0589. The zero-order valence-electron chi connectivity index (χ0n) is 43.5. The second-order valence-corrected chi connectivity index (χ2v) is 18.9. The van der Waals surface area contributed by atoms with Crippen molar-refractivity contribution in [3.63, 3.8) is 0 Å². The van der Waals surface area contributed by atoms with E-state index in [4.69, 9.17) is 22.9 Å². The van der Waals surface area contributed by atoms with E-state index >= 15 is 0 Å². The molecule has 2 aromatic carbocycles. The van der Waals surface area contributed by atoms with Crippen molar-refractivity contribution in [3.8, 4) is 0 Å². The Morgan fingerprint density at radius 3 is 1.55 bits per heavy atom. The van der Waals surface area contributed by atoms with E-state index in [9.17, 15) is 58.2 Å². The van der Waals surface area contributed by atoms with Crippen LogP contribution in [0.5, 0.6) is 0 Å². The van der Waals surface area contributed by atoms with E-state index in [2.05, 4.69) is 53.2 Å². The summed E-state index contributed by atoms with van der Waals surface area (Å²) in [5.41, 5.74) is 24.2. The highest BCUT2D eigenvalue weighted by atomic mass is 16.3. The summed E-state index contributed by atoms with van der Waals surface area (Å²) in [6.45, 7) is 5.00. The molecule has 0 aliphatic carbocycles. The molecular formula is C50H78N14O12. The number of nitrogens with one attached hydrogen (secondary N) is 10. The third kappa shape index (κ3) is 20.6. The molecule has 0 radical (unpaired) electrons. The van der Waals surface area contributed by atoms with Gasteiger partial charge in [0.25, 0.3) is 5.91 Å². The Morgan fingerprint density at radius 1 is 0.579 bits per heavy atom. The zero-order valence-corrected chi connectivity index (χ0v) is 43.5. The van der Waals surface area contributed by atoms with Gasteiger partial charge in [-0.3, -0.25) is 47.9 Å². The summed E-state index contributed by atoms with van der Waals surface area (Å²) in [4.78, 5) is 139. The van der Waals surface area contributed by atoms with E-state index in [1.54, 1.807) is 62.4 Å². The lowest BCUT2D eigenvalue weighted by atomic mass is 10.00. The topological polar surface area (TPSA) is 436 Å². The predicted octanol–water partition coefficient (Wildman–Crippen LogP) is -5.37. The van der Waals surface area contributed by atoms with E-state index in [0.717, 1.165) is 0 Å². The molecule has 420 valence electrons. The number of benzene rings is 2. The van der Waals surface area contributed by atoms with Crippen LogP contribution in [0, 0.1) is 5.92 Å². The SMILES string of the molecule is CC(C)C[C@@H]1NC(=O)[C@@H](Cc2ccccc2)NC(=O)[C@H](CCN)NC(=O)[C@@H](NC(=O)[C@H](CCN)NC(=O)[C@@H](NC(=O)c2ccccc2)C(C)O)CCNC(=O)[C@H](C(C)O)NC(=O)[C@H](CCN)NC(=O)[C@H](CCN)NC1=O. The number of rotatable bonds is 20. The van der Waals surface area contributed by atoms with Crippen molar-refractivity contribution in [2.45, 2.75) is 139 Å². The normalized spacial score (nSPS) is 23.4. The van der Waals surface area contributed by atoms with Gasteiger partial charge in [0.15, 0.2) is 0 Å². The Bertz CT molecular complexity index is 2260. The zero-order chi connectivity index (χ0) is 56.5. The molecule has 1 aliphatic heterocycles. The minimum Gasteiger partial charge on any atom is -0.391 e. The van der Waals surface area contributed by atoms with E-state index < -0.39 is 139 Å². The van der Waals surface area contributed by atoms with Crippen molar-refractivity contribution in [2.24, 2.45) is 28.9 Å². The van der Waals surface area contributed by atoms with Crippen molar-refractivity contribution in [1.82, 2.24) is 53.2 Å². The first kappa shape index (κ1) is 63.2. The fraction of sp³-hybridized carbons (Fsp3) is 0.560. The summed E-state index contributed by atoms with van der Waals surface area (Å²) >= 11 is 0. The van der Waals surface area contributed by atoms with Crippen LogP contribution in [0.15, 0.2) is 60.7 Å². The van der Waals surface area contributed by atoms with E-state index in [0.29, 0.717) is 5.56 Å². The van der Waals surface area contributed by atoms with Crippen molar-refractivity contribution < 1.29 is 58.2 Å². The molecule has 10 amide bonds. The number of carbonyl (C=O) groups excluding carboxylic acids is 10. The van der Waals surface area contributed by atoms with E-state index in [-0.39, 0.29) is 76.2 Å². The molecule has 1 aliphatic rings. The monoisotopic (exact) mass is 1070 g/mol. The molecule has 1 fully saturated rings. The summed E-state index contributed by atoms with van der Waals surface area (Å²) in [5.74, 6) is -9.14. The van der Waals surface area contributed by atoms with Crippen molar-refractivity contribution in [2.75, 3.05) is 32.7 Å². The van der Waals surface area contributed by atoms with Gasteiger partial charge >= 0.3 is 0 Å². The van der Waals surface area contributed by atoms with Gasteiger partial charge in [-0.2, -0.15) is 0 Å². The number of amides is 10. The Hall–Kier alpha value is -7.10. The maximum absolute atomic E-state index is 14.4. The molecule has 1 heterocycles. The van der Waals surface area contributed by atoms with Crippen molar-refractivity contribution in [1.29, 1.82) is 0 Å². The first-order chi connectivity index (χ1) is 36.1. The number of aliphatic hydroxyl groups is 2. The molecule has 3 rings (SSSR count). The average Bonchev–Trinajstić information content (AvgIpc) is 3.37. The molecule has 0 spiro atoms. The molecule has 26 nitrogen and oxygen atoms in total. The molecule has 0 bridgehead atoms. The number of hydrogen-bond donors (Lipinski definition) is 16. The minimum atomic E-state index is -1.66. The summed E-state index contributed by atoms with van der Waals surface area (Å²) in [5, 5.41) is 46.7. The van der Waals surface area contributed by atoms with Gasteiger partial charge < -0.3 is 86.3 Å². The van der Waals surface area contributed by atoms with Crippen LogP contribution >= 0.6 is 0 Å². The fourth-order valence-electron chi connectivity index (χ4n) is 8.00. The van der Waals surface area contributed by atoms with Crippen LogP contribution in [0.4, 0.5) is 0 Å². The van der Waals surface area contributed by atoms with Gasteiger partial charge in [-0.15, -0.1) is 0 Å². The lowest BCUT2D eigenvalue weighted by Gasteiger charge is -2.28. The Balaban J connectivity index is 2.11. The maximum Gasteiger partial charge on any atom is 0.252 e. The first-order valence-electron chi connectivity index (χ1n) is 25.4. The average molecular weight is 1070 g/mol. The standard InChI is InChI=1S/C50H78N14O12/c1-27(2)25-37-47(73)58-32(15-20-51)42(68)57-35(18-23-54)46(72)64-39(28(3)65)49(75)55-24-19-36(45(71)56-33(16-21-52)44(70)62-38(48(74)61-37)26-30-11-7-5-8-12-30)59-43(69)34(17-22-53)60-50(76)40(29(4)66)63-41(67)31-13-9-6-10-14-31/h5-14,27-29,32-40,65-66H,15-26,51-54H2,1-4H3,(H,55,75)(H,56,71)(H,57,68)(H,58,73)(H,59,69)(H,60,76)(H,61,74)(H,62,70)(H,63,67)(H,64,72)/t28?,29?,32-,33-,34-,35-,36-,37-,38+,39-,40-/m0/s1. The van der Waals surface area contributed by atoms with Gasteiger partial charge in [0.05, 0.1) is 12.2 Å². The van der Waals surface area contributed by atoms with Crippen LogP contribution in [0.2, 0.25) is 0 Å².